The molecule has 4 bridgehead atoms. The second-order valence-electron chi connectivity index (χ2n) is 7.36. The average Bonchev–Trinajstić information content (AvgIpc) is 2.50. The number of hydrogen-bond acceptors (Lipinski definition) is 6. The lowest BCUT2D eigenvalue weighted by Gasteiger charge is -2.56. The molecule has 0 amide bonds. The first kappa shape index (κ1) is 20.2. The summed E-state index contributed by atoms with van der Waals surface area (Å²) >= 11 is 1.98. The molecule has 0 radical (unpaired) electrons. The molecule has 0 spiro atoms. The minimum absolute atomic E-state index is 0.0913. The van der Waals surface area contributed by atoms with Crippen molar-refractivity contribution >= 4 is 44.6 Å². The minimum atomic E-state index is -5.87. The van der Waals surface area contributed by atoms with Gasteiger partial charge in [0.1, 0.15) is 16.1 Å². The Balaban J connectivity index is 1.68. The maximum absolute atomic E-state index is 13.5. The van der Waals surface area contributed by atoms with E-state index in [0.29, 0.717) is 25.7 Å². The SMILES string of the molecule is CC(I)C(=O)OC1C2CC3CC1CC(C2)C3OC(=O)C(F)(F)S(=O)(=O)O. The highest BCUT2D eigenvalue weighted by atomic mass is 127. The van der Waals surface area contributed by atoms with Crippen LogP contribution < -0.4 is 0 Å². The van der Waals surface area contributed by atoms with Gasteiger partial charge in [-0.3, -0.25) is 9.35 Å². The van der Waals surface area contributed by atoms with Crippen molar-refractivity contribution in [2.75, 3.05) is 0 Å². The van der Waals surface area contributed by atoms with Crippen molar-refractivity contribution in [1.29, 1.82) is 0 Å². The molecule has 4 aliphatic carbocycles. The molecule has 1 N–H and O–H groups in total. The Labute approximate surface area is 163 Å². The lowest BCUT2D eigenvalue weighted by atomic mass is 9.53. The van der Waals surface area contributed by atoms with Crippen molar-refractivity contribution < 1.29 is 40.8 Å². The van der Waals surface area contributed by atoms with Gasteiger partial charge >= 0.3 is 27.3 Å². The molecule has 148 valence electrons. The van der Waals surface area contributed by atoms with Gasteiger partial charge in [0.25, 0.3) is 0 Å². The molecule has 26 heavy (non-hydrogen) atoms. The van der Waals surface area contributed by atoms with E-state index in [0.717, 1.165) is 0 Å². The number of carbonyl (C=O) groups excluding carboxylic acids is 2. The largest absolute Gasteiger partial charge is 0.465 e. The summed E-state index contributed by atoms with van der Waals surface area (Å²) in [6.45, 7) is 1.74. The molecule has 4 fully saturated rings. The molecule has 11 heteroatoms. The van der Waals surface area contributed by atoms with Gasteiger partial charge in [0.05, 0.1) is 0 Å². The number of halogens is 3. The summed E-state index contributed by atoms with van der Waals surface area (Å²) in [6, 6.07) is 0. The van der Waals surface area contributed by atoms with Gasteiger partial charge in [0.15, 0.2) is 0 Å². The smallest absolute Gasteiger partial charge is 0.461 e. The number of esters is 2. The van der Waals surface area contributed by atoms with Gasteiger partial charge in [-0.1, -0.05) is 22.6 Å². The summed E-state index contributed by atoms with van der Waals surface area (Å²) in [4.78, 5) is 23.5. The average molecular weight is 508 g/mol. The van der Waals surface area contributed by atoms with Crippen molar-refractivity contribution in [2.45, 2.75) is 54.0 Å². The van der Waals surface area contributed by atoms with Crippen LogP contribution in [0.15, 0.2) is 0 Å². The Morgan fingerprint density at radius 1 is 1.04 bits per heavy atom. The van der Waals surface area contributed by atoms with Crippen LogP contribution in [0.5, 0.6) is 0 Å². The molecule has 0 aromatic heterocycles. The molecule has 0 aliphatic heterocycles. The van der Waals surface area contributed by atoms with Crippen LogP contribution in [0.2, 0.25) is 0 Å². The zero-order valence-electron chi connectivity index (χ0n) is 13.8. The van der Waals surface area contributed by atoms with Crippen LogP contribution >= 0.6 is 22.6 Å². The second kappa shape index (κ2) is 6.80. The van der Waals surface area contributed by atoms with Crippen LogP contribution in [0.4, 0.5) is 8.78 Å². The van der Waals surface area contributed by atoms with Crippen LogP contribution in [0, 0.1) is 23.7 Å². The van der Waals surface area contributed by atoms with Gasteiger partial charge in [-0.25, -0.2) is 4.79 Å². The van der Waals surface area contributed by atoms with Crippen LogP contribution in [0.3, 0.4) is 0 Å². The third-order valence-electron chi connectivity index (χ3n) is 5.66. The van der Waals surface area contributed by atoms with E-state index >= 15 is 0 Å². The summed E-state index contributed by atoms with van der Waals surface area (Å²) in [5, 5.41) is -4.98. The van der Waals surface area contributed by atoms with E-state index in [1.807, 2.05) is 22.6 Å². The molecule has 4 aliphatic rings. The summed E-state index contributed by atoms with van der Waals surface area (Å²) in [5.41, 5.74) is 0. The maximum atomic E-state index is 13.5. The summed E-state index contributed by atoms with van der Waals surface area (Å²) in [6.07, 6.45) is 1.25. The van der Waals surface area contributed by atoms with Crippen molar-refractivity contribution in [3.63, 3.8) is 0 Å². The van der Waals surface area contributed by atoms with E-state index in [2.05, 4.69) is 0 Å². The molecule has 0 aromatic rings. The molecule has 1 unspecified atom stereocenters. The predicted octanol–water partition coefficient (Wildman–Crippen LogP) is 2.18. The fourth-order valence-corrected chi connectivity index (χ4v) is 5.10. The van der Waals surface area contributed by atoms with Gasteiger partial charge in [-0.05, 0) is 56.3 Å². The Morgan fingerprint density at radius 3 is 1.77 bits per heavy atom. The maximum Gasteiger partial charge on any atom is 0.465 e. The zero-order chi connectivity index (χ0) is 19.4. The van der Waals surface area contributed by atoms with E-state index in [-0.39, 0.29) is 39.7 Å². The Kier molecular flexibility index (Phi) is 5.28. The van der Waals surface area contributed by atoms with Crippen molar-refractivity contribution in [3.05, 3.63) is 0 Å². The topological polar surface area (TPSA) is 107 Å². The lowest BCUT2D eigenvalue weighted by Crippen LogP contribution is -2.58. The summed E-state index contributed by atoms with van der Waals surface area (Å²) in [5.74, 6) is -2.68. The Hall–Kier alpha value is -0.560. The third kappa shape index (κ3) is 3.46. The molecule has 4 rings (SSSR count). The van der Waals surface area contributed by atoms with E-state index in [9.17, 15) is 26.8 Å². The highest BCUT2D eigenvalue weighted by Crippen LogP contribution is 2.56. The quantitative estimate of drug-likeness (QED) is 0.263. The first-order chi connectivity index (χ1) is 11.9. The van der Waals surface area contributed by atoms with Crippen molar-refractivity contribution in [2.24, 2.45) is 23.7 Å². The first-order valence-electron chi connectivity index (χ1n) is 8.32. The van der Waals surface area contributed by atoms with Crippen LogP contribution in [0.25, 0.3) is 0 Å². The van der Waals surface area contributed by atoms with Crippen molar-refractivity contribution in [1.82, 2.24) is 0 Å². The second-order valence-corrected chi connectivity index (χ2v) is 10.7. The molecule has 0 aromatic carbocycles. The molecular formula is C15H19F2IO7S. The summed E-state index contributed by atoms with van der Waals surface area (Å²) in [7, 11) is -5.87. The molecule has 7 nitrogen and oxygen atoms in total. The normalized spacial score (nSPS) is 37.3. The molecule has 4 saturated carbocycles. The van der Waals surface area contributed by atoms with Crippen LogP contribution in [-0.4, -0.2) is 46.3 Å². The fourth-order valence-electron chi connectivity index (χ4n) is 4.69. The van der Waals surface area contributed by atoms with Gasteiger partial charge in [-0.2, -0.15) is 17.2 Å². The lowest BCUT2D eigenvalue weighted by molar-refractivity contribution is -0.204. The van der Waals surface area contributed by atoms with Gasteiger partial charge in [-0.15, -0.1) is 0 Å². The number of ether oxygens (including phenoxy) is 2. The highest BCUT2D eigenvalue weighted by Gasteiger charge is 2.59. The predicted molar refractivity (Wildman–Crippen MR) is 92.2 cm³/mol. The number of alkyl halides is 3. The Bertz CT molecular complexity index is 679. The first-order valence-corrected chi connectivity index (χ1v) is 11.0. The van der Waals surface area contributed by atoms with E-state index in [4.69, 9.17) is 14.0 Å². The molecule has 0 saturated heterocycles. The molecule has 0 heterocycles. The molecule has 1 atom stereocenters. The third-order valence-corrected chi connectivity index (χ3v) is 6.99. The number of rotatable bonds is 5. The standard InChI is InChI=1S/C15H19F2IO7S/c1-6(18)13(19)24-11-7-2-9-4-8(11)5-10(3-7)12(9)25-14(20)15(16,17)26(21,22)23/h6-12H,2-5H2,1H3,(H,21,22,23). The van der Waals surface area contributed by atoms with Gasteiger partial charge in [0, 0.05) is 0 Å². The molecular weight excluding hydrogens is 489 g/mol. The van der Waals surface area contributed by atoms with Crippen molar-refractivity contribution in [3.8, 4) is 0 Å². The highest BCUT2D eigenvalue weighted by molar-refractivity contribution is 14.1. The minimum Gasteiger partial charge on any atom is -0.461 e. The zero-order valence-corrected chi connectivity index (χ0v) is 16.8. The fraction of sp³-hybridized carbons (Fsp3) is 0.867. The van der Waals surface area contributed by atoms with E-state index in [1.165, 1.54) is 0 Å². The number of carbonyl (C=O) groups is 2. The monoisotopic (exact) mass is 508 g/mol. The Morgan fingerprint density at radius 2 is 1.42 bits per heavy atom. The van der Waals surface area contributed by atoms with Gasteiger partial charge < -0.3 is 9.47 Å². The summed E-state index contributed by atoms with van der Waals surface area (Å²) < 4.78 is 67.0. The van der Waals surface area contributed by atoms with Crippen LogP contribution in [-0.2, 0) is 29.2 Å². The van der Waals surface area contributed by atoms with Crippen LogP contribution in [0.1, 0.15) is 32.6 Å². The van der Waals surface area contributed by atoms with E-state index in [1.54, 1.807) is 6.92 Å². The van der Waals surface area contributed by atoms with E-state index < -0.39 is 27.4 Å². The number of hydrogen-bond donors (Lipinski definition) is 1. The van der Waals surface area contributed by atoms with Gasteiger partial charge in [0.2, 0.25) is 0 Å².